The third-order valence-electron chi connectivity index (χ3n) is 6.27. The first-order valence-corrected chi connectivity index (χ1v) is 9.09. The number of halogens is 1. The minimum atomic E-state index is -0.195. The molecule has 0 radical (unpaired) electrons. The van der Waals surface area contributed by atoms with Gasteiger partial charge in [-0.3, -0.25) is 0 Å². The van der Waals surface area contributed by atoms with Crippen LogP contribution in [0.4, 0.5) is 5.69 Å². The molecule has 3 heteroatoms. The van der Waals surface area contributed by atoms with E-state index in [1.54, 1.807) is 0 Å². The van der Waals surface area contributed by atoms with E-state index in [9.17, 15) is 0 Å². The van der Waals surface area contributed by atoms with E-state index in [4.69, 9.17) is 11.6 Å². The van der Waals surface area contributed by atoms with E-state index in [-0.39, 0.29) is 17.0 Å². The molecule has 3 unspecified atom stereocenters. The third kappa shape index (κ3) is 1.67. The predicted molar refractivity (Wildman–Crippen MR) is 102 cm³/mol. The number of anilines is 1. The van der Waals surface area contributed by atoms with E-state index in [2.05, 4.69) is 91.2 Å². The third-order valence-corrected chi connectivity index (χ3v) is 6.75. The summed E-state index contributed by atoms with van der Waals surface area (Å²) in [6, 6.07) is 8.67. The average molecular weight is 339 g/mol. The second kappa shape index (κ2) is 5.29. The lowest BCUT2D eigenvalue weighted by Gasteiger charge is -2.58. The van der Waals surface area contributed by atoms with Crippen molar-refractivity contribution in [3.05, 3.63) is 78.8 Å². The molecule has 1 aromatic carbocycles. The van der Waals surface area contributed by atoms with Gasteiger partial charge in [0, 0.05) is 34.8 Å². The van der Waals surface area contributed by atoms with Crippen molar-refractivity contribution in [3.63, 3.8) is 0 Å². The fourth-order valence-corrected chi connectivity index (χ4v) is 5.33. The molecule has 0 spiro atoms. The van der Waals surface area contributed by atoms with E-state index in [1.165, 1.54) is 16.9 Å². The maximum absolute atomic E-state index is 6.70. The number of para-hydroxylation sites is 1. The van der Waals surface area contributed by atoms with Gasteiger partial charge in [0.15, 0.2) is 0 Å². The van der Waals surface area contributed by atoms with Crippen LogP contribution in [0.1, 0.15) is 25.8 Å². The maximum atomic E-state index is 6.70. The standard InChI is InChI=1S/C21H23ClN2/c1-4-20(3)17-11-6-7-12-18(17)24-14-16-10-8-9-13-23(16)19(24)21(20,5-2)15-22/h4,6-14,19H,1,5,15H2,2-3H3. The van der Waals surface area contributed by atoms with Gasteiger partial charge < -0.3 is 9.80 Å². The fourth-order valence-electron chi connectivity index (χ4n) is 4.72. The van der Waals surface area contributed by atoms with Crippen LogP contribution < -0.4 is 4.90 Å². The Morgan fingerprint density at radius 3 is 2.75 bits per heavy atom. The van der Waals surface area contributed by atoms with Crippen molar-refractivity contribution >= 4 is 17.3 Å². The van der Waals surface area contributed by atoms with Crippen LogP contribution in [0, 0.1) is 5.41 Å². The number of rotatable bonds is 3. The lowest BCUT2D eigenvalue weighted by atomic mass is 9.56. The molecular formula is C21H23ClN2. The van der Waals surface area contributed by atoms with Gasteiger partial charge in [-0.25, -0.2) is 0 Å². The highest BCUT2D eigenvalue weighted by atomic mass is 35.5. The van der Waals surface area contributed by atoms with Crippen LogP contribution >= 0.6 is 11.6 Å². The molecule has 3 aliphatic rings. The highest BCUT2D eigenvalue weighted by molar-refractivity contribution is 6.18. The number of alkyl halides is 1. The van der Waals surface area contributed by atoms with Crippen LogP contribution in [0.5, 0.6) is 0 Å². The Morgan fingerprint density at radius 1 is 1.25 bits per heavy atom. The number of fused-ring (bicyclic) bond motifs is 5. The Hall–Kier alpha value is -1.93. The van der Waals surface area contributed by atoms with Crippen molar-refractivity contribution in [3.8, 4) is 0 Å². The molecule has 3 atom stereocenters. The van der Waals surface area contributed by atoms with Crippen molar-refractivity contribution in [1.82, 2.24) is 4.90 Å². The van der Waals surface area contributed by atoms with Gasteiger partial charge in [0.25, 0.3) is 0 Å². The van der Waals surface area contributed by atoms with Crippen molar-refractivity contribution in [2.24, 2.45) is 5.41 Å². The van der Waals surface area contributed by atoms with E-state index in [0.29, 0.717) is 5.88 Å². The average Bonchev–Trinajstić information content (AvgIpc) is 3.03. The first kappa shape index (κ1) is 15.6. The molecule has 0 bridgehead atoms. The molecule has 0 amide bonds. The molecule has 0 aromatic heterocycles. The summed E-state index contributed by atoms with van der Waals surface area (Å²) in [7, 11) is 0. The summed E-state index contributed by atoms with van der Waals surface area (Å²) in [6.45, 7) is 8.76. The van der Waals surface area contributed by atoms with E-state index < -0.39 is 0 Å². The lowest BCUT2D eigenvalue weighted by Crippen LogP contribution is -2.63. The van der Waals surface area contributed by atoms with Crippen molar-refractivity contribution < 1.29 is 0 Å². The molecule has 24 heavy (non-hydrogen) atoms. The Bertz CT molecular complexity index is 772. The van der Waals surface area contributed by atoms with E-state index >= 15 is 0 Å². The fraction of sp³-hybridized carbons (Fsp3) is 0.333. The van der Waals surface area contributed by atoms with E-state index in [1.807, 2.05) is 0 Å². The smallest absolute Gasteiger partial charge is 0.118 e. The summed E-state index contributed by atoms with van der Waals surface area (Å²) >= 11 is 6.70. The normalized spacial score (nSPS) is 33.0. The largest absolute Gasteiger partial charge is 0.325 e. The summed E-state index contributed by atoms with van der Waals surface area (Å²) in [5.41, 5.74) is 3.44. The summed E-state index contributed by atoms with van der Waals surface area (Å²) in [5.74, 6) is 0.580. The van der Waals surface area contributed by atoms with Gasteiger partial charge in [-0.05, 0) is 30.2 Å². The molecular weight excluding hydrogens is 316 g/mol. The molecule has 2 nitrogen and oxygen atoms in total. The summed E-state index contributed by atoms with van der Waals surface area (Å²) in [6.07, 6.45) is 14.0. The van der Waals surface area contributed by atoms with Crippen LogP contribution in [0.2, 0.25) is 0 Å². The Balaban J connectivity index is 2.03. The minimum absolute atomic E-state index is 0.140. The molecule has 3 aliphatic heterocycles. The topological polar surface area (TPSA) is 6.48 Å². The number of hydrogen-bond donors (Lipinski definition) is 0. The van der Waals surface area contributed by atoms with Crippen LogP contribution in [0.15, 0.2) is 73.2 Å². The van der Waals surface area contributed by atoms with Crippen LogP contribution in [-0.4, -0.2) is 16.9 Å². The van der Waals surface area contributed by atoms with Gasteiger partial charge in [-0.1, -0.05) is 44.2 Å². The first-order chi connectivity index (χ1) is 11.6. The second-order valence-electron chi connectivity index (χ2n) is 7.01. The highest BCUT2D eigenvalue weighted by Gasteiger charge is 2.60. The molecule has 0 aliphatic carbocycles. The van der Waals surface area contributed by atoms with Crippen LogP contribution in [0.25, 0.3) is 0 Å². The Kier molecular flexibility index (Phi) is 3.43. The van der Waals surface area contributed by atoms with Gasteiger partial charge in [-0.15, -0.1) is 18.2 Å². The summed E-state index contributed by atoms with van der Waals surface area (Å²) < 4.78 is 0. The van der Waals surface area contributed by atoms with Gasteiger partial charge >= 0.3 is 0 Å². The molecule has 0 saturated carbocycles. The molecule has 1 aromatic rings. The van der Waals surface area contributed by atoms with Crippen molar-refractivity contribution in [2.45, 2.75) is 31.8 Å². The molecule has 124 valence electrons. The molecule has 0 N–H and O–H groups in total. The lowest BCUT2D eigenvalue weighted by molar-refractivity contribution is 0.0779. The Labute approximate surface area is 149 Å². The molecule has 0 saturated heterocycles. The molecule has 3 heterocycles. The van der Waals surface area contributed by atoms with Crippen LogP contribution in [-0.2, 0) is 5.41 Å². The van der Waals surface area contributed by atoms with Gasteiger partial charge in [0.1, 0.15) is 6.17 Å². The summed E-state index contributed by atoms with van der Waals surface area (Å²) in [5, 5.41) is 0. The van der Waals surface area contributed by atoms with Crippen LogP contribution in [0.3, 0.4) is 0 Å². The quantitative estimate of drug-likeness (QED) is 0.555. The first-order valence-electron chi connectivity index (χ1n) is 8.55. The minimum Gasteiger partial charge on any atom is -0.325 e. The zero-order valence-electron chi connectivity index (χ0n) is 14.2. The van der Waals surface area contributed by atoms with E-state index in [0.717, 1.165) is 6.42 Å². The van der Waals surface area contributed by atoms with Crippen molar-refractivity contribution in [2.75, 3.05) is 10.8 Å². The number of allylic oxidation sites excluding steroid dienone is 4. The number of hydrogen-bond acceptors (Lipinski definition) is 2. The van der Waals surface area contributed by atoms with Gasteiger partial charge in [0.05, 0.1) is 5.70 Å². The summed E-state index contributed by atoms with van der Waals surface area (Å²) in [4.78, 5) is 4.77. The van der Waals surface area contributed by atoms with Gasteiger partial charge in [0.2, 0.25) is 0 Å². The number of nitrogens with zero attached hydrogens (tertiary/aromatic N) is 2. The zero-order valence-corrected chi connectivity index (χ0v) is 15.0. The monoisotopic (exact) mass is 338 g/mol. The number of benzene rings is 1. The molecule has 0 fully saturated rings. The van der Waals surface area contributed by atoms with Gasteiger partial charge in [-0.2, -0.15) is 0 Å². The maximum Gasteiger partial charge on any atom is 0.118 e. The predicted octanol–water partition coefficient (Wildman–Crippen LogP) is 5.15. The zero-order chi connectivity index (χ0) is 16.9. The molecule has 4 rings (SSSR count). The SMILES string of the molecule is C=CC1(C)c2ccccc2N2C=C3C=CC=CN3C2C1(CC)CCl. The van der Waals surface area contributed by atoms with Crippen molar-refractivity contribution in [1.29, 1.82) is 0 Å². The Morgan fingerprint density at radius 2 is 2.04 bits per heavy atom. The second-order valence-corrected chi connectivity index (χ2v) is 7.28. The highest BCUT2D eigenvalue weighted by Crippen LogP contribution is 2.59.